The number of benzene rings is 1. The number of aromatic nitrogens is 2. The Morgan fingerprint density at radius 2 is 1.61 bits per heavy atom. The van der Waals surface area contributed by atoms with E-state index in [1.54, 1.807) is 19.1 Å². The van der Waals surface area contributed by atoms with Gasteiger partial charge in [0.2, 0.25) is 0 Å². The Morgan fingerprint density at radius 1 is 1.03 bits per heavy atom. The predicted molar refractivity (Wildman–Crippen MR) is 120 cm³/mol. The quantitative estimate of drug-likeness (QED) is 0.631. The van der Waals surface area contributed by atoms with E-state index in [0.29, 0.717) is 11.1 Å². The molecule has 2 aromatic rings. The molecule has 1 aromatic carbocycles. The molecular weight excluding hydrogens is 396 g/mol. The lowest BCUT2D eigenvalue weighted by molar-refractivity contribution is -0.126. The van der Waals surface area contributed by atoms with Crippen molar-refractivity contribution in [2.24, 2.45) is 0 Å². The average molecular weight is 429 g/mol. The zero-order valence-electron chi connectivity index (χ0n) is 18.9. The molecule has 0 unspecified atom stereocenters. The van der Waals surface area contributed by atoms with Gasteiger partial charge in [0, 0.05) is 17.3 Å². The number of hydrazine groups is 1. The fourth-order valence-electron chi connectivity index (χ4n) is 3.67. The first kappa shape index (κ1) is 24.1. The van der Waals surface area contributed by atoms with Gasteiger partial charge in [-0.05, 0) is 45.7 Å². The molecule has 0 fully saturated rings. The Hall–Kier alpha value is -3.16. The van der Waals surface area contributed by atoms with Crippen LogP contribution in [0.5, 0.6) is 0 Å². The SMILES string of the molecule is CCCC(CCC)N(NC(=O)Cn1cc(C)c(=O)[nH]c1=O)C(=O)c1cc(C)cc(C)c1. The first-order chi connectivity index (χ1) is 14.7. The van der Waals surface area contributed by atoms with Crippen LogP contribution in [0.25, 0.3) is 0 Å². The van der Waals surface area contributed by atoms with E-state index in [9.17, 15) is 19.2 Å². The summed E-state index contributed by atoms with van der Waals surface area (Å²) < 4.78 is 1.13. The molecule has 0 aliphatic heterocycles. The van der Waals surface area contributed by atoms with Gasteiger partial charge in [-0.2, -0.15) is 0 Å². The van der Waals surface area contributed by atoms with E-state index in [1.807, 2.05) is 33.8 Å². The largest absolute Gasteiger partial charge is 0.328 e. The van der Waals surface area contributed by atoms with Crippen LogP contribution in [-0.4, -0.2) is 32.4 Å². The van der Waals surface area contributed by atoms with Crippen LogP contribution in [0.4, 0.5) is 0 Å². The number of carbonyl (C=O) groups is 2. The van der Waals surface area contributed by atoms with E-state index in [1.165, 1.54) is 11.2 Å². The van der Waals surface area contributed by atoms with Crippen molar-refractivity contribution >= 4 is 11.8 Å². The van der Waals surface area contributed by atoms with Crippen molar-refractivity contribution in [1.82, 2.24) is 20.0 Å². The molecule has 0 atom stereocenters. The van der Waals surface area contributed by atoms with Gasteiger partial charge >= 0.3 is 5.69 Å². The summed E-state index contributed by atoms with van der Waals surface area (Å²) >= 11 is 0. The van der Waals surface area contributed by atoms with E-state index in [0.717, 1.165) is 41.4 Å². The highest BCUT2D eigenvalue weighted by Gasteiger charge is 2.26. The maximum atomic E-state index is 13.4. The van der Waals surface area contributed by atoms with Crippen molar-refractivity contribution in [3.63, 3.8) is 0 Å². The minimum absolute atomic E-state index is 0.165. The molecule has 1 aromatic heterocycles. The molecule has 8 nitrogen and oxygen atoms in total. The number of carbonyl (C=O) groups excluding carboxylic acids is 2. The summed E-state index contributed by atoms with van der Waals surface area (Å²) in [5.41, 5.74) is 4.33. The van der Waals surface area contributed by atoms with Gasteiger partial charge in [0.15, 0.2) is 0 Å². The van der Waals surface area contributed by atoms with E-state index in [4.69, 9.17) is 0 Å². The van der Waals surface area contributed by atoms with Crippen molar-refractivity contribution in [3.05, 3.63) is 67.5 Å². The van der Waals surface area contributed by atoms with Gasteiger partial charge in [0.25, 0.3) is 17.4 Å². The van der Waals surface area contributed by atoms with Crippen LogP contribution in [0.1, 0.15) is 66.6 Å². The topological polar surface area (TPSA) is 104 Å². The summed E-state index contributed by atoms with van der Waals surface area (Å²) in [6.45, 7) is 9.17. The molecule has 0 saturated heterocycles. The normalized spacial score (nSPS) is 10.9. The lowest BCUT2D eigenvalue weighted by atomic mass is 10.0. The van der Waals surface area contributed by atoms with Crippen LogP contribution in [0.2, 0.25) is 0 Å². The van der Waals surface area contributed by atoms with Gasteiger partial charge in [0.1, 0.15) is 6.54 Å². The second-order valence-electron chi connectivity index (χ2n) is 8.02. The first-order valence-electron chi connectivity index (χ1n) is 10.7. The minimum Gasteiger partial charge on any atom is -0.291 e. The van der Waals surface area contributed by atoms with Crippen molar-refractivity contribution in [1.29, 1.82) is 0 Å². The van der Waals surface area contributed by atoms with Crippen LogP contribution in [-0.2, 0) is 11.3 Å². The van der Waals surface area contributed by atoms with Crippen LogP contribution in [0, 0.1) is 20.8 Å². The Kier molecular flexibility index (Phi) is 8.36. The minimum atomic E-state index is -0.670. The molecule has 31 heavy (non-hydrogen) atoms. The summed E-state index contributed by atoms with van der Waals surface area (Å²) in [5.74, 6) is -0.791. The Labute approximate surface area is 182 Å². The predicted octanol–water partition coefficient (Wildman–Crippen LogP) is 2.60. The maximum Gasteiger partial charge on any atom is 0.328 e. The fourth-order valence-corrected chi connectivity index (χ4v) is 3.67. The van der Waals surface area contributed by atoms with E-state index in [2.05, 4.69) is 10.4 Å². The zero-order chi connectivity index (χ0) is 23.1. The van der Waals surface area contributed by atoms with Crippen molar-refractivity contribution in [3.8, 4) is 0 Å². The van der Waals surface area contributed by atoms with Gasteiger partial charge < -0.3 is 0 Å². The third-order valence-electron chi connectivity index (χ3n) is 5.04. The molecule has 8 heteroatoms. The zero-order valence-corrected chi connectivity index (χ0v) is 18.9. The number of rotatable bonds is 8. The van der Waals surface area contributed by atoms with E-state index >= 15 is 0 Å². The lowest BCUT2D eigenvalue weighted by Crippen LogP contribution is -2.53. The molecular formula is C23H32N4O4. The molecule has 0 bridgehead atoms. The standard InChI is InChI=1S/C23H32N4O4/c1-6-8-19(9-7-2)27(22(30)18-11-15(3)10-16(4)12-18)25-20(28)14-26-13-17(5)21(29)24-23(26)31/h10-13,19H,6-9,14H2,1-5H3,(H,25,28)(H,24,29,31). The van der Waals surface area contributed by atoms with Gasteiger partial charge in [-0.25, -0.2) is 9.80 Å². The number of hydrogen-bond acceptors (Lipinski definition) is 4. The molecule has 2 N–H and O–H groups in total. The summed E-state index contributed by atoms with van der Waals surface area (Å²) in [7, 11) is 0. The van der Waals surface area contributed by atoms with Crippen LogP contribution in [0.3, 0.4) is 0 Å². The van der Waals surface area contributed by atoms with Gasteiger partial charge in [-0.3, -0.25) is 29.4 Å². The highest BCUT2D eigenvalue weighted by molar-refractivity contribution is 5.96. The fraction of sp³-hybridized carbons (Fsp3) is 0.478. The number of nitrogens with one attached hydrogen (secondary N) is 2. The molecule has 0 aliphatic rings. The average Bonchev–Trinajstić information content (AvgIpc) is 2.69. The number of H-pyrrole nitrogens is 1. The number of aryl methyl sites for hydroxylation is 3. The highest BCUT2D eigenvalue weighted by atomic mass is 16.2. The van der Waals surface area contributed by atoms with Crippen molar-refractivity contribution in [2.75, 3.05) is 0 Å². The van der Waals surface area contributed by atoms with Crippen LogP contribution < -0.4 is 16.7 Å². The summed E-state index contributed by atoms with van der Waals surface area (Å²) in [4.78, 5) is 52.0. The van der Waals surface area contributed by atoms with Crippen LogP contribution >= 0.6 is 0 Å². The van der Waals surface area contributed by atoms with Crippen LogP contribution in [0.15, 0.2) is 34.0 Å². The third-order valence-corrected chi connectivity index (χ3v) is 5.04. The number of hydrogen-bond donors (Lipinski definition) is 2. The maximum absolute atomic E-state index is 13.4. The van der Waals surface area contributed by atoms with Gasteiger partial charge in [0.05, 0.1) is 6.04 Å². The molecule has 168 valence electrons. The highest BCUT2D eigenvalue weighted by Crippen LogP contribution is 2.17. The Bertz CT molecular complexity index is 1030. The smallest absolute Gasteiger partial charge is 0.291 e. The summed E-state index contributed by atoms with van der Waals surface area (Å²) in [5, 5.41) is 1.41. The van der Waals surface area contributed by atoms with Gasteiger partial charge in [-0.1, -0.05) is 43.9 Å². The molecule has 0 saturated carbocycles. The number of nitrogens with zero attached hydrogens (tertiary/aromatic N) is 2. The molecule has 0 spiro atoms. The Balaban J connectivity index is 2.34. The molecule has 0 radical (unpaired) electrons. The number of aromatic amines is 1. The lowest BCUT2D eigenvalue weighted by Gasteiger charge is -2.32. The monoisotopic (exact) mass is 428 g/mol. The second-order valence-corrected chi connectivity index (χ2v) is 8.02. The molecule has 1 heterocycles. The summed E-state index contributed by atoms with van der Waals surface area (Å²) in [6, 6.07) is 5.43. The summed E-state index contributed by atoms with van der Waals surface area (Å²) in [6.07, 6.45) is 4.53. The van der Waals surface area contributed by atoms with E-state index in [-0.39, 0.29) is 18.5 Å². The third kappa shape index (κ3) is 6.41. The first-order valence-corrected chi connectivity index (χ1v) is 10.7. The Morgan fingerprint density at radius 3 is 2.16 bits per heavy atom. The van der Waals surface area contributed by atoms with Crippen molar-refractivity contribution in [2.45, 2.75) is 72.9 Å². The van der Waals surface area contributed by atoms with Crippen molar-refractivity contribution < 1.29 is 9.59 Å². The number of amides is 2. The van der Waals surface area contributed by atoms with E-state index < -0.39 is 17.2 Å². The molecule has 2 amide bonds. The second kappa shape index (κ2) is 10.7. The molecule has 2 rings (SSSR count). The molecule has 0 aliphatic carbocycles. The van der Waals surface area contributed by atoms with Gasteiger partial charge in [-0.15, -0.1) is 0 Å².